The molecule has 0 unspecified atom stereocenters. The molecule has 1 N–H and O–H groups in total. The van der Waals surface area contributed by atoms with Crippen molar-refractivity contribution in [1.82, 2.24) is 4.90 Å². The van der Waals surface area contributed by atoms with Crippen LogP contribution in [0.4, 0.5) is 5.69 Å². The Labute approximate surface area is 113 Å². The molecule has 1 fully saturated rings. The van der Waals surface area contributed by atoms with Gasteiger partial charge in [-0.1, -0.05) is 6.07 Å². The number of carbonyl (C=O) groups excluding carboxylic acids is 1. The maximum Gasteiger partial charge on any atom is 0.248 e. The largest absolute Gasteiger partial charge is 0.392 e. The number of aliphatic hydroxyl groups is 1. The van der Waals surface area contributed by atoms with Crippen LogP contribution in [0.15, 0.2) is 18.2 Å². The minimum Gasteiger partial charge on any atom is -0.392 e. The van der Waals surface area contributed by atoms with E-state index in [1.54, 1.807) is 6.07 Å². The summed E-state index contributed by atoms with van der Waals surface area (Å²) in [6.07, 6.45) is 0. The van der Waals surface area contributed by atoms with E-state index in [1.807, 2.05) is 17.0 Å². The van der Waals surface area contributed by atoms with Gasteiger partial charge in [0.15, 0.2) is 0 Å². The van der Waals surface area contributed by atoms with Gasteiger partial charge >= 0.3 is 0 Å². The minimum atomic E-state index is 0.00942. The van der Waals surface area contributed by atoms with Crippen molar-refractivity contribution >= 4 is 11.6 Å². The quantitative estimate of drug-likeness (QED) is 0.847. The molecule has 0 aliphatic carbocycles. The lowest BCUT2D eigenvalue weighted by Crippen LogP contribution is -2.50. The summed E-state index contributed by atoms with van der Waals surface area (Å²) in [4.78, 5) is 15.7. The Hall–Kier alpha value is -1.59. The number of hydrogen-bond donors (Lipinski definition) is 1. The lowest BCUT2D eigenvalue weighted by Gasteiger charge is -2.36. The van der Waals surface area contributed by atoms with Crippen molar-refractivity contribution in [2.45, 2.75) is 6.61 Å². The van der Waals surface area contributed by atoms with Gasteiger partial charge in [0.05, 0.1) is 6.61 Å². The molecule has 0 saturated carbocycles. The molecule has 0 bridgehead atoms. The average molecular weight is 263 g/mol. The Morgan fingerprint density at radius 3 is 2.79 bits per heavy atom. The normalized spacial score (nSPS) is 15.7. The van der Waals surface area contributed by atoms with E-state index in [0.717, 1.165) is 24.3 Å². The smallest absolute Gasteiger partial charge is 0.248 e. The number of ether oxygens (including phenoxy) is 1. The summed E-state index contributed by atoms with van der Waals surface area (Å²) in [6, 6.07) is 8.57. The van der Waals surface area contributed by atoms with Crippen LogP contribution in [0, 0.1) is 6.07 Å². The molecule has 0 atom stereocenters. The Balaban J connectivity index is 1.98. The van der Waals surface area contributed by atoms with Gasteiger partial charge in [0.25, 0.3) is 0 Å². The lowest BCUT2D eigenvalue weighted by atomic mass is 10.1. The van der Waals surface area contributed by atoms with Crippen molar-refractivity contribution in [3.8, 4) is 0 Å². The van der Waals surface area contributed by atoms with Crippen LogP contribution in [-0.4, -0.2) is 55.8 Å². The van der Waals surface area contributed by atoms with Gasteiger partial charge in [-0.3, -0.25) is 4.79 Å². The number of hydrogen-bond acceptors (Lipinski definition) is 4. The predicted molar refractivity (Wildman–Crippen MR) is 71.9 cm³/mol. The van der Waals surface area contributed by atoms with Crippen molar-refractivity contribution in [2.24, 2.45) is 0 Å². The number of rotatable bonds is 4. The van der Waals surface area contributed by atoms with Crippen LogP contribution in [0.3, 0.4) is 0 Å². The van der Waals surface area contributed by atoms with E-state index in [1.165, 1.54) is 7.11 Å². The highest BCUT2D eigenvalue weighted by Gasteiger charge is 2.21. The highest BCUT2D eigenvalue weighted by molar-refractivity contribution is 5.77. The van der Waals surface area contributed by atoms with E-state index in [-0.39, 0.29) is 19.1 Å². The molecule has 1 aromatic carbocycles. The molecule has 1 amide bonds. The zero-order valence-corrected chi connectivity index (χ0v) is 11.1. The SMILES string of the molecule is COCC(=O)N1CCN(c2cc[c]cc2CO)CC1. The van der Waals surface area contributed by atoms with Crippen LogP contribution in [0.25, 0.3) is 0 Å². The number of amides is 1. The van der Waals surface area contributed by atoms with E-state index >= 15 is 0 Å². The molecule has 0 aromatic heterocycles. The van der Waals surface area contributed by atoms with Crippen LogP contribution in [0.5, 0.6) is 0 Å². The topological polar surface area (TPSA) is 53.0 Å². The van der Waals surface area contributed by atoms with Gasteiger partial charge in [0.2, 0.25) is 5.91 Å². The summed E-state index contributed by atoms with van der Waals surface area (Å²) >= 11 is 0. The molecule has 1 aromatic rings. The van der Waals surface area contributed by atoms with Crippen molar-refractivity contribution in [3.63, 3.8) is 0 Å². The zero-order valence-electron chi connectivity index (χ0n) is 11.1. The standard InChI is InChI=1S/C14H19N2O3/c1-19-11-14(18)16-8-6-15(7-9-16)13-5-3-2-4-12(13)10-17/h3-5,17H,6-11H2,1H3. The molecular formula is C14H19N2O3. The Kier molecular flexibility index (Phi) is 4.76. The van der Waals surface area contributed by atoms with Crippen LogP contribution in [-0.2, 0) is 16.1 Å². The highest BCUT2D eigenvalue weighted by Crippen LogP contribution is 2.21. The van der Waals surface area contributed by atoms with Gasteiger partial charge in [-0.05, 0) is 18.2 Å². The van der Waals surface area contributed by atoms with Crippen LogP contribution in [0.2, 0.25) is 0 Å². The fourth-order valence-corrected chi connectivity index (χ4v) is 2.30. The number of aliphatic hydroxyl groups excluding tert-OH is 1. The molecule has 0 spiro atoms. The third-order valence-electron chi connectivity index (χ3n) is 3.34. The maximum atomic E-state index is 11.7. The number of carbonyl (C=O) groups is 1. The van der Waals surface area contributed by atoms with Gasteiger partial charge in [0, 0.05) is 44.5 Å². The van der Waals surface area contributed by atoms with Gasteiger partial charge in [-0.15, -0.1) is 0 Å². The van der Waals surface area contributed by atoms with Gasteiger partial charge in [-0.2, -0.15) is 0 Å². The second kappa shape index (κ2) is 6.54. The van der Waals surface area contributed by atoms with Crippen LogP contribution >= 0.6 is 0 Å². The monoisotopic (exact) mass is 263 g/mol. The fourth-order valence-electron chi connectivity index (χ4n) is 2.30. The number of piperazine rings is 1. The van der Waals surface area contributed by atoms with E-state index in [2.05, 4.69) is 11.0 Å². The second-order valence-electron chi connectivity index (χ2n) is 4.51. The Morgan fingerprint density at radius 1 is 1.42 bits per heavy atom. The molecular weight excluding hydrogens is 244 g/mol. The maximum absolute atomic E-state index is 11.7. The first kappa shape index (κ1) is 13.8. The molecule has 19 heavy (non-hydrogen) atoms. The summed E-state index contributed by atoms with van der Waals surface area (Å²) in [5.41, 5.74) is 1.90. The molecule has 5 nitrogen and oxygen atoms in total. The van der Waals surface area contributed by atoms with E-state index in [4.69, 9.17) is 4.74 Å². The van der Waals surface area contributed by atoms with Crippen molar-refractivity contribution < 1.29 is 14.6 Å². The third kappa shape index (κ3) is 3.24. The second-order valence-corrected chi connectivity index (χ2v) is 4.51. The zero-order chi connectivity index (χ0) is 13.7. The number of methoxy groups -OCH3 is 1. The van der Waals surface area contributed by atoms with Gasteiger partial charge in [-0.25, -0.2) is 0 Å². The predicted octanol–water partition coefficient (Wildman–Crippen LogP) is 0.274. The summed E-state index contributed by atoms with van der Waals surface area (Å²) < 4.78 is 4.86. The number of anilines is 1. The van der Waals surface area contributed by atoms with Crippen LogP contribution in [0.1, 0.15) is 5.56 Å². The van der Waals surface area contributed by atoms with Crippen LogP contribution < -0.4 is 4.90 Å². The van der Waals surface area contributed by atoms with E-state index in [9.17, 15) is 9.90 Å². The van der Waals surface area contributed by atoms with Gasteiger partial charge < -0.3 is 19.6 Å². The van der Waals surface area contributed by atoms with Gasteiger partial charge in [0.1, 0.15) is 6.61 Å². The van der Waals surface area contributed by atoms with E-state index in [0.29, 0.717) is 13.1 Å². The first-order valence-electron chi connectivity index (χ1n) is 6.37. The Morgan fingerprint density at radius 2 is 2.16 bits per heavy atom. The fraction of sp³-hybridized carbons (Fsp3) is 0.500. The minimum absolute atomic E-state index is 0.00942. The third-order valence-corrected chi connectivity index (χ3v) is 3.34. The summed E-state index contributed by atoms with van der Waals surface area (Å²) in [5, 5.41) is 9.33. The molecule has 1 heterocycles. The van der Waals surface area contributed by atoms with Crippen molar-refractivity contribution in [2.75, 3.05) is 44.8 Å². The Bertz CT molecular complexity index is 428. The molecule has 1 aliphatic rings. The lowest BCUT2D eigenvalue weighted by molar-refractivity contribution is -0.135. The summed E-state index contributed by atoms with van der Waals surface area (Å²) in [7, 11) is 1.53. The van der Waals surface area contributed by atoms with Crippen molar-refractivity contribution in [1.29, 1.82) is 0 Å². The average Bonchev–Trinajstić information content (AvgIpc) is 2.47. The molecule has 2 rings (SSSR count). The molecule has 5 heteroatoms. The number of nitrogens with zero attached hydrogens (tertiary/aromatic N) is 2. The number of benzene rings is 1. The molecule has 1 radical (unpaired) electrons. The molecule has 1 aliphatic heterocycles. The summed E-state index contributed by atoms with van der Waals surface area (Å²) in [6.45, 7) is 3.06. The molecule has 1 saturated heterocycles. The van der Waals surface area contributed by atoms with E-state index < -0.39 is 0 Å². The first-order valence-corrected chi connectivity index (χ1v) is 6.37. The highest BCUT2D eigenvalue weighted by atomic mass is 16.5. The molecule has 103 valence electrons. The van der Waals surface area contributed by atoms with Crippen molar-refractivity contribution in [3.05, 3.63) is 29.8 Å². The first-order chi connectivity index (χ1) is 9.26. The summed E-state index contributed by atoms with van der Waals surface area (Å²) in [5.74, 6) is 0.0333.